The van der Waals surface area contributed by atoms with Gasteiger partial charge in [-0.25, -0.2) is 5.14 Å². The van der Waals surface area contributed by atoms with Crippen LogP contribution >= 0.6 is 0 Å². The van der Waals surface area contributed by atoms with Crippen molar-refractivity contribution in [1.82, 2.24) is 4.72 Å². The van der Waals surface area contributed by atoms with Crippen molar-refractivity contribution in [3.63, 3.8) is 0 Å². The van der Waals surface area contributed by atoms with E-state index in [1.807, 2.05) is 4.72 Å². The Labute approximate surface area is 86.2 Å². The van der Waals surface area contributed by atoms with Crippen LogP contribution in [-0.2, 0) is 10.2 Å². The van der Waals surface area contributed by atoms with Crippen molar-refractivity contribution in [1.29, 1.82) is 0 Å². The van der Waals surface area contributed by atoms with E-state index in [1.54, 1.807) is 0 Å². The number of hydrogen-bond acceptors (Lipinski definition) is 2. The molecular weight excluding hydrogens is 233 g/mol. The minimum Gasteiger partial charge on any atom is -0.216 e. The predicted octanol–water partition coefficient (Wildman–Crippen LogP) is 0.901. The lowest BCUT2D eigenvalue weighted by Gasteiger charge is -2.32. The number of nitrogens with one attached hydrogen (secondary N) is 1. The molecule has 1 aliphatic rings. The van der Waals surface area contributed by atoms with E-state index in [1.165, 1.54) is 0 Å². The van der Waals surface area contributed by atoms with Gasteiger partial charge in [0.05, 0.1) is 5.92 Å². The van der Waals surface area contributed by atoms with Gasteiger partial charge in [-0.3, -0.25) is 0 Å². The molecule has 0 heterocycles. The molecule has 0 aromatic rings. The van der Waals surface area contributed by atoms with E-state index < -0.39 is 28.3 Å². The Morgan fingerprint density at radius 1 is 1.20 bits per heavy atom. The summed E-state index contributed by atoms with van der Waals surface area (Å²) < 4.78 is 60.7. The van der Waals surface area contributed by atoms with Crippen molar-refractivity contribution >= 4 is 10.2 Å². The molecule has 4 nitrogen and oxygen atoms in total. The fraction of sp³-hybridized carbons (Fsp3) is 1.00. The quantitative estimate of drug-likeness (QED) is 0.759. The normalized spacial score (nSPS) is 29.1. The molecule has 0 aromatic carbocycles. The smallest absolute Gasteiger partial charge is 0.216 e. The molecule has 3 N–H and O–H groups in total. The highest BCUT2D eigenvalue weighted by Crippen LogP contribution is 2.37. The first-order valence-electron chi connectivity index (χ1n) is 4.57. The van der Waals surface area contributed by atoms with Gasteiger partial charge in [0, 0.05) is 6.04 Å². The van der Waals surface area contributed by atoms with E-state index in [2.05, 4.69) is 5.14 Å². The average molecular weight is 246 g/mol. The number of rotatable bonds is 2. The second-order valence-corrected chi connectivity index (χ2v) is 5.03. The standard InChI is InChI=1S/C7H13F3N2O2S/c8-7(9,10)5-3-1-2-4-6(5)12-15(11,13)14/h5-6,12H,1-4H2,(H2,11,13,14). The van der Waals surface area contributed by atoms with Crippen molar-refractivity contribution < 1.29 is 21.6 Å². The third-order valence-corrected chi connectivity index (χ3v) is 3.13. The number of alkyl halides is 3. The molecule has 0 aromatic heterocycles. The molecule has 1 rings (SSSR count). The molecule has 0 spiro atoms. The van der Waals surface area contributed by atoms with Gasteiger partial charge in [-0.15, -0.1) is 0 Å². The van der Waals surface area contributed by atoms with Crippen LogP contribution in [0.2, 0.25) is 0 Å². The Morgan fingerprint density at radius 2 is 1.73 bits per heavy atom. The molecule has 0 radical (unpaired) electrons. The molecule has 0 saturated heterocycles. The van der Waals surface area contributed by atoms with Crippen molar-refractivity contribution in [3.8, 4) is 0 Å². The van der Waals surface area contributed by atoms with Crippen LogP contribution in [0.15, 0.2) is 0 Å². The maximum Gasteiger partial charge on any atom is 0.393 e. The average Bonchev–Trinajstić information content (AvgIpc) is 1.99. The molecule has 1 aliphatic carbocycles. The number of halogens is 3. The maximum atomic E-state index is 12.5. The molecule has 90 valence electrons. The topological polar surface area (TPSA) is 72.2 Å². The second-order valence-electron chi connectivity index (χ2n) is 3.70. The summed E-state index contributed by atoms with van der Waals surface area (Å²) in [6.07, 6.45) is -3.19. The van der Waals surface area contributed by atoms with E-state index in [0.29, 0.717) is 12.8 Å². The van der Waals surface area contributed by atoms with Crippen LogP contribution in [0.5, 0.6) is 0 Å². The van der Waals surface area contributed by atoms with Gasteiger partial charge in [-0.1, -0.05) is 12.8 Å². The van der Waals surface area contributed by atoms with Crippen LogP contribution in [-0.4, -0.2) is 20.6 Å². The summed E-state index contributed by atoms with van der Waals surface area (Å²) >= 11 is 0. The summed E-state index contributed by atoms with van der Waals surface area (Å²) in [5.74, 6) is -1.62. The molecule has 1 fully saturated rings. The second kappa shape index (κ2) is 4.26. The molecule has 2 unspecified atom stereocenters. The number of hydrogen-bond donors (Lipinski definition) is 2. The molecule has 15 heavy (non-hydrogen) atoms. The summed E-state index contributed by atoms with van der Waals surface area (Å²) in [6.45, 7) is 0. The zero-order chi connectivity index (χ0) is 11.7. The third-order valence-electron chi connectivity index (χ3n) is 2.50. The van der Waals surface area contributed by atoms with Gasteiger partial charge in [0.1, 0.15) is 0 Å². The van der Waals surface area contributed by atoms with E-state index >= 15 is 0 Å². The van der Waals surface area contributed by atoms with Gasteiger partial charge < -0.3 is 0 Å². The Kier molecular flexibility index (Phi) is 3.62. The van der Waals surface area contributed by atoms with Gasteiger partial charge in [0.25, 0.3) is 10.2 Å². The largest absolute Gasteiger partial charge is 0.393 e. The lowest BCUT2D eigenvalue weighted by molar-refractivity contribution is -0.187. The van der Waals surface area contributed by atoms with E-state index in [9.17, 15) is 21.6 Å². The third kappa shape index (κ3) is 3.96. The highest BCUT2D eigenvalue weighted by molar-refractivity contribution is 7.87. The van der Waals surface area contributed by atoms with Crippen molar-refractivity contribution in [2.75, 3.05) is 0 Å². The summed E-state index contributed by atoms with van der Waals surface area (Å²) in [6, 6.07) is -1.12. The van der Waals surface area contributed by atoms with Gasteiger partial charge in [0.2, 0.25) is 0 Å². The minimum absolute atomic E-state index is 0.0450. The van der Waals surface area contributed by atoms with E-state index in [0.717, 1.165) is 0 Å². The van der Waals surface area contributed by atoms with Gasteiger partial charge in [-0.05, 0) is 12.8 Å². The van der Waals surface area contributed by atoms with Crippen molar-refractivity contribution in [3.05, 3.63) is 0 Å². The molecule has 2 atom stereocenters. The molecule has 0 amide bonds. The summed E-state index contributed by atoms with van der Waals surface area (Å²) in [7, 11) is -4.07. The van der Waals surface area contributed by atoms with Crippen LogP contribution in [0, 0.1) is 5.92 Å². The molecule has 1 saturated carbocycles. The highest BCUT2D eigenvalue weighted by atomic mass is 32.2. The van der Waals surface area contributed by atoms with Crippen LogP contribution in [0.1, 0.15) is 25.7 Å². The fourth-order valence-electron chi connectivity index (χ4n) is 1.87. The minimum atomic E-state index is -4.37. The maximum absolute atomic E-state index is 12.5. The van der Waals surface area contributed by atoms with Gasteiger partial charge >= 0.3 is 6.18 Å². The highest BCUT2D eigenvalue weighted by Gasteiger charge is 2.46. The van der Waals surface area contributed by atoms with Crippen LogP contribution in [0.4, 0.5) is 13.2 Å². The van der Waals surface area contributed by atoms with Crippen LogP contribution in [0.25, 0.3) is 0 Å². The summed E-state index contributed by atoms with van der Waals surface area (Å²) in [5, 5.41) is 4.67. The Hall–Kier alpha value is -0.340. The number of nitrogens with two attached hydrogens (primary N) is 1. The zero-order valence-corrected chi connectivity index (χ0v) is 8.74. The Bertz CT molecular complexity index is 315. The lowest BCUT2D eigenvalue weighted by atomic mass is 9.85. The molecule has 0 bridgehead atoms. The van der Waals surface area contributed by atoms with E-state index in [4.69, 9.17) is 0 Å². The molecule has 8 heteroatoms. The summed E-state index contributed by atoms with van der Waals surface area (Å²) in [5.41, 5.74) is 0. The van der Waals surface area contributed by atoms with Crippen LogP contribution in [0.3, 0.4) is 0 Å². The Morgan fingerprint density at radius 3 is 2.20 bits per heavy atom. The van der Waals surface area contributed by atoms with Crippen LogP contribution < -0.4 is 9.86 Å². The zero-order valence-electron chi connectivity index (χ0n) is 7.92. The van der Waals surface area contributed by atoms with E-state index in [-0.39, 0.29) is 12.8 Å². The van der Waals surface area contributed by atoms with Gasteiger partial charge in [0.15, 0.2) is 0 Å². The first kappa shape index (κ1) is 12.7. The first-order valence-corrected chi connectivity index (χ1v) is 6.11. The van der Waals surface area contributed by atoms with Crippen molar-refractivity contribution in [2.24, 2.45) is 11.1 Å². The molecular formula is C7H13F3N2O2S. The Balaban J connectivity index is 2.75. The van der Waals surface area contributed by atoms with Crippen molar-refractivity contribution in [2.45, 2.75) is 37.9 Å². The SMILES string of the molecule is NS(=O)(=O)NC1CCCCC1C(F)(F)F. The summed E-state index contributed by atoms with van der Waals surface area (Å²) in [4.78, 5) is 0. The van der Waals surface area contributed by atoms with Gasteiger partial charge in [-0.2, -0.15) is 26.3 Å². The monoisotopic (exact) mass is 246 g/mol. The fourth-order valence-corrected chi connectivity index (χ4v) is 2.58. The lowest BCUT2D eigenvalue weighted by Crippen LogP contribution is -2.49. The first-order chi connectivity index (χ1) is 6.70. The molecule has 0 aliphatic heterocycles. The predicted molar refractivity (Wildman–Crippen MR) is 48.0 cm³/mol.